The van der Waals surface area contributed by atoms with Crippen LogP contribution in [0.1, 0.15) is 10.5 Å². The molecule has 0 aliphatic rings. The quantitative estimate of drug-likeness (QED) is 0.770. The van der Waals surface area contributed by atoms with Gasteiger partial charge in [0, 0.05) is 6.20 Å². The molecule has 6 heteroatoms. The fourth-order valence-corrected chi connectivity index (χ4v) is 2.16. The van der Waals surface area contributed by atoms with Crippen molar-refractivity contribution < 1.29 is 14.6 Å². The molecule has 0 aliphatic carbocycles. The number of methoxy groups -OCH3 is 1. The lowest BCUT2D eigenvalue weighted by Crippen LogP contribution is -2.05. The van der Waals surface area contributed by atoms with Crippen LogP contribution < -0.4 is 10.1 Å². The van der Waals surface area contributed by atoms with Gasteiger partial charge in [-0.1, -0.05) is 18.2 Å². The van der Waals surface area contributed by atoms with Gasteiger partial charge >= 0.3 is 5.97 Å². The monoisotopic (exact) mass is 283 g/mol. The van der Waals surface area contributed by atoms with Crippen LogP contribution in [-0.4, -0.2) is 27.6 Å². The summed E-state index contributed by atoms with van der Waals surface area (Å²) in [5.74, 6) is -0.157. The molecule has 0 saturated carbocycles. The average molecular weight is 283 g/mol. The van der Waals surface area contributed by atoms with E-state index in [1.165, 1.54) is 4.40 Å². The lowest BCUT2D eigenvalue weighted by atomic mass is 10.3. The number of aromatic carboxylic acids is 1. The van der Waals surface area contributed by atoms with Crippen molar-refractivity contribution in [3.63, 3.8) is 0 Å². The van der Waals surface area contributed by atoms with Crippen molar-refractivity contribution in [3.8, 4) is 5.75 Å². The number of carboxylic acids is 1. The Bertz CT molecular complexity index is 811. The molecule has 0 atom stereocenters. The first-order valence-corrected chi connectivity index (χ1v) is 6.31. The van der Waals surface area contributed by atoms with Gasteiger partial charge in [-0.2, -0.15) is 0 Å². The molecule has 0 fully saturated rings. The molecule has 3 aromatic rings. The number of ether oxygens (including phenoxy) is 1. The standard InChI is InChI=1S/C15H13N3O3/c1-21-11-7-3-2-6-10(11)16-14-13(15(19)20)18-9-5-4-8-12(18)17-14/h2-9,16H,1H3,(H,19,20). The molecule has 106 valence electrons. The third kappa shape index (κ3) is 2.27. The zero-order valence-electron chi connectivity index (χ0n) is 11.3. The number of benzene rings is 1. The van der Waals surface area contributed by atoms with Gasteiger partial charge in [0.15, 0.2) is 11.5 Å². The van der Waals surface area contributed by atoms with Gasteiger partial charge in [0.25, 0.3) is 0 Å². The van der Waals surface area contributed by atoms with E-state index in [2.05, 4.69) is 10.3 Å². The van der Waals surface area contributed by atoms with E-state index in [0.29, 0.717) is 17.1 Å². The molecule has 2 N–H and O–H groups in total. The van der Waals surface area contributed by atoms with Gasteiger partial charge in [-0.3, -0.25) is 4.40 Å². The van der Waals surface area contributed by atoms with E-state index < -0.39 is 5.97 Å². The number of imidazole rings is 1. The summed E-state index contributed by atoms with van der Waals surface area (Å²) in [7, 11) is 1.56. The van der Waals surface area contributed by atoms with Crippen molar-refractivity contribution in [2.24, 2.45) is 0 Å². The van der Waals surface area contributed by atoms with Crippen LogP contribution in [0.25, 0.3) is 5.65 Å². The summed E-state index contributed by atoms with van der Waals surface area (Å²) in [6, 6.07) is 12.6. The number of hydrogen-bond donors (Lipinski definition) is 2. The summed E-state index contributed by atoms with van der Waals surface area (Å²) in [5, 5.41) is 12.5. The normalized spacial score (nSPS) is 10.5. The van der Waals surface area contributed by atoms with Crippen LogP contribution in [0.2, 0.25) is 0 Å². The second-order valence-corrected chi connectivity index (χ2v) is 4.37. The van der Waals surface area contributed by atoms with Gasteiger partial charge in [0.05, 0.1) is 12.8 Å². The molecule has 0 saturated heterocycles. The van der Waals surface area contributed by atoms with Crippen molar-refractivity contribution in [1.82, 2.24) is 9.38 Å². The summed E-state index contributed by atoms with van der Waals surface area (Å²) in [6.45, 7) is 0. The molecular formula is C15H13N3O3. The van der Waals surface area contributed by atoms with E-state index >= 15 is 0 Å². The molecule has 1 aromatic carbocycles. The van der Waals surface area contributed by atoms with Crippen molar-refractivity contribution in [2.75, 3.05) is 12.4 Å². The van der Waals surface area contributed by atoms with Crippen LogP contribution in [0.15, 0.2) is 48.7 Å². The van der Waals surface area contributed by atoms with Crippen LogP contribution in [0.5, 0.6) is 5.75 Å². The van der Waals surface area contributed by atoms with E-state index in [-0.39, 0.29) is 11.5 Å². The van der Waals surface area contributed by atoms with Crippen LogP contribution in [0.3, 0.4) is 0 Å². The number of nitrogens with one attached hydrogen (secondary N) is 1. The fraction of sp³-hybridized carbons (Fsp3) is 0.0667. The highest BCUT2D eigenvalue weighted by Crippen LogP contribution is 2.28. The molecular weight excluding hydrogens is 270 g/mol. The van der Waals surface area contributed by atoms with Gasteiger partial charge < -0.3 is 15.2 Å². The number of hydrogen-bond acceptors (Lipinski definition) is 4. The predicted octanol–water partition coefficient (Wildman–Crippen LogP) is 2.78. The third-order valence-corrected chi connectivity index (χ3v) is 3.09. The number of anilines is 2. The molecule has 0 unspecified atom stereocenters. The number of carbonyl (C=O) groups is 1. The fourth-order valence-electron chi connectivity index (χ4n) is 2.16. The molecule has 0 spiro atoms. The molecule has 3 rings (SSSR count). The summed E-state index contributed by atoms with van der Waals surface area (Å²) in [6.07, 6.45) is 1.67. The van der Waals surface area contributed by atoms with Gasteiger partial charge in [-0.05, 0) is 24.3 Å². The Kier molecular flexibility index (Phi) is 3.19. The maximum Gasteiger partial charge on any atom is 0.356 e. The van der Waals surface area contributed by atoms with Crippen LogP contribution in [0.4, 0.5) is 11.5 Å². The summed E-state index contributed by atoms with van der Waals surface area (Å²) < 4.78 is 6.78. The number of pyridine rings is 1. The first-order valence-electron chi connectivity index (χ1n) is 6.31. The molecule has 21 heavy (non-hydrogen) atoms. The van der Waals surface area contributed by atoms with Crippen molar-refractivity contribution >= 4 is 23.1 Å². The zero-order valence-corrected chi connectivity index (χ0v) is 11.3. The third-order valence-electron chi connectivity index (χ3n) is 3.09. The minimum Gasteiger partial charge on any atom is -0.495 e. The largest absolute Gasteiger partial charge is 0.495 e. The molecule has 0 bridgehead atoms. The van der Waals surface area contributed by atoms with E-state index in [9.17, 15) is 9.90 Å². The highest BCUT2D eigenvalue weighted by atomic mass is 16.5. The molecule has 2 heterocycles. The summed E-state index contributed by atoms with van der Waals surface area (Å²) in [5.41, 5.74) is 1.30. The Morgan fingerprint density at radius 2 is 2.00 bits per heavy atom. The number of fused-ring (bicyclic) bond motifs is 1. The SMILES string of the molecule is COc1ccccc1Nc1nc2ccccn2c1C(=O)O. The maximum absolute atomic E-state index is 11.5. The predicted molar refractivity (Wildman–Crippen MR) is 78.4 cm³/mol. The minimum absolute atomic E-state index is 0.0801. The highest BCUT2D eigenvalue weighted by Gasteiger charge is 2.19. The number of aromatic nitrogens is 2. The van der Waals surface area contributed by atoms with Gasteiger partial charge in [-0.25, -0.2) is 9.78 Å². The number of carboxylic acid groups (broad SMARTS) is 1. The molecule has 6 nitrogen and oxygen atoms in total. The number of nitrogens with zero attached hydrogens (tertiary/aromatic N) is 2. The van der Waals surface area contributed by atoms with Crippen LogP contribution in [0, 0.1) is 0 Å². The Morgan fingerprint density at radius 1 is 1.24 bits per heavy atom. The molecule has 0 radical (unpaired) electrons. The van der Waals surface area contributed by atoms with Crippen molar-refractivity contribution in [3.05, 3.63) is 54.4 Å². The molecule has 0 aliphatic heterocycles. The van der Waals surface area contributed by atoms with E-state index in [0.717, 1.165) is 0 Å². The minimum atomic E-state index is -1.05. The Labute approximate surface area is 120 Å². The van der Waals surface area contributed by atoms with E-state index in [1.807, 2.05) is 12.1 Å². The number of rotatable bonds is 4. The Hall–Kier alpha value is -3.02. The number of para-hydroxylation sites is 2. The van der Waals surface area contributed by atoms with Gasteiger partial charge in [-0.15, -0.1) is 0 Å². The summed E-state index contributed by atoms with van der Waals surface area (Å²) in [4.78, 5) is 15.8. The maximum atomic E-state index is 11.5. The van der Waals surface area contributed by atoms with Crippen LogP contribution >= 0.6 is 0 Å². The Balaban J connectivity index is 2.12. The van der Waals surface area contributed by atoms with Gasteiger partial charge in [0.1, 0.15) is 11.4 Å². The second kappa shape index (κ2) is 5.16. The van der Waals surface area contributed by atoms with Crippen LogP contribution in [-0.2, 0) is 0 Å². The smallest absolute Gasteiger partial charge is 0.356 e. The van der Waals surface area contributed by atoms with Gasteiger partial charge in [0.2, 0.25) is 0 Å². The highest BCUT2D eigenvalue weighted by molar-refractivity contribution is 5.94. The Morgan fingerprint density at radius 3 is 2.76 bits per heavy atom. The average Bonchev–Trinajstić information content (AvgIpc) is 2.85. The molecule has 0 amide bonds. The molecule has 2 aromatic heterocycles. The lowest BCUT2D eigenvalue weighted by molar-refractivity contribution is 0.0690. The first kappa shape index (κ1) is 13.0. The van der Waals surface area contributed by atoms with Crippen molar-refractivity contribution in [1.29, 1.82) is 0 Å². The lowest BCUT2D eigenvalue weighted by Gasteiger charge is -2.09. The summed E-state index contributed by atoms with van der Waals surface area (Å²) >= 11 is 0. The second-order valence-electron chi connectivity index (χ2n) is 4.37. The first-order chi connectivity index (χ1) is 10.2. The van der Waals surface area contributed by atoms with E-state index in [4.69, 9.17) is 4.74 Å². The zero-order chi connectivity index (χ0) is 14.8. The van der Waals surface area contributed by atoms with Crippen molar-refractivity contribution in [2.45, 2.75) is 0 Å². The topological polar surface area (TPSA) is 75.9 Å². The van der Waals surface area contributed by atoms with E-state index in [1.54, 1.807) is 43.6 Å².